The number of fused-ring (bicyclic) bond motifs is 3. The SMILES string of the molecule is Cn1c(=NC(=S)NC(=O)c2ccc(Cl)cc2Cl)sc2ccc3ccccc3c21. The van der Waals surface area contributed by atoms with Gasteiger partial charge in [0, 0.05) is 17.5 Å². The molecule has 0 aliphatic rings. The van der Waals surface area contributed by atoms with Crippen LogP contribution in [0.3, 0.4) is 0 Å². The molecule has 0 aliphatic carbocycles. The summed E-state index contributed by atoms with van der Waals surface area (Å²) in [5, 5.41) is 5.69. The molecular formula is C20H13Cl2N3OS2. The Morgan fingerprint density at radius 3 is 2.71 bits per heavy atom. The second-order valence-corrected chi connectivity index (χ2v) is 8.31. The fraction of sp³-hybridized carbons (Fsp3) is 0.0500. The van der Waals surface area contributed by atoms with Gasteiger partial charge >= 0.3 is 0 Å². The van der Waals surface area contributed by atoms with E-state index in [0.717, 1.165) is 21.0 Å². The maximum atomic E-state index is 12.4. The minimum absolute atomic E-state index is 0.0717. The maximum absolute atomic E-state index is 12.4. The summed E-state index contributed by atoms with van der Waals surface area (Å²) in [6, 6.07) is 17.0. The number of amides is 1. The number of nitrogens with zero attached hydrogens (tertiary/aromatic N) is 2. The summed E-state index contributed by atoms with van der Waals surface area (Å²) in [7, 11) is 1.94. The quantitative estimate of drug-likeness (QED) is 0.403. The number of halogens is 2. The molecular weight excluding hydrogens is 433 g/mol. The lowest BCUT2D eigenvalue weighted by molar-refractivity contribution is 0.0977. The minimum Gasteiger partial charge on any atom is -0.319 e. The van der Waals surface area contributed by atoms with E-state index in [2.05, 4.69) is 34.6 Å². The van der Waals surface area contributed by atoms with Crippen LogP contribution >= 0.6 is 46.8 Å². The highest BCUT2D eigenvalue weighted by molar-refractivity contribution is 7.80. The van der Waals surface area contributed by atoms with Crippen LogP contribution in [0.1, 0.15) is 10.4 Å². The Morgan fingerprint density at radius 1 is 1.14 bits per heavy atom. The van der Waals surface area contributed by atoms with Crippen molar-refractivity contribution in [1.29, 1.82) is 0 Å². The third-order valence-electron chi connectivity index (χ3n) is 4.28. The molecule has 0 radical (unpaired) electrons. The number of hydrogen-bond donors (Lipinski definition) is 1. The predicted molar refractivity (Wildman–Crippen MR) is 120 cm³/mol. The van der Waals surface area contributed by atoms with Crippen molar-refractivity contribution in [2.45, 2.75) is 0 Å². The summed E-state index contributed by atoms with van der Waals surface area (Å²) >= 11 is 18.7. The van der Waals surface area contributed by atoms with Crippen LogP contribution in [0.25, 0.3) is 21.0 Å². The minimum atomic E-state index is -0.426. The number of benzene rings is 3. The normalized spacial score (nSPS) is 11.9. The topological polar surface area (TPSA) is 46.4 Å². The van der Waals surface area contributed by atoms with Crippen LogP contribution in [0.15, 0.2) is 59.6 Å². The molecule has 3 aromatic carbocycles. The van der Waals surface area contributed by atoms with Crippen molar-refractivity contribution in [2.24, 2.45) is 12.0 Å². The van der Waals surface area contributed by atoms with Crippen molar-refractivity contribution in [3.8, 4) is 0 Å². The molecule has 4 aromatic rings. The summed E-state index contributed by atoms with van der Waals surface area (Å²) in [6.07, 6.45) is 0. The Bertz CT molecular complexity index is 1320. The van der Waals surface area contributed by atoms with E-state index in [1.807, 2.05) is 23.7 Å². The van der Waals surface area contributed by atoms with Crippen molar-refractivity contribution in [3.63, 3.8) is 0 Å². The zero-order valence-electron chi connectivity index (χ0n) is 14.6. The van der Waals surface area contributed by atoms with Gasteiger partial charge in [-0.25, -0.2) is 0 Å². The average Bonchev–Trinajstić information content (AvgIpc) is 2.97. The van der Waals surface area contributed by atoms with Gasteiger partial charge in [0.05, 0.1) is 20.8 Å². The number of aryl methyl sites for hydroxylation is 1. The van der Waals surface area contributed by atoms with Gasteiger partial charge in [0.25, 0.3) is 5.91 Å². The van der Waals surface area contributed by atoms with Gasteiger partial charge in [-0.1, -0.05) is 64.9 Å². The van der Waals surface area contributed by atoms with E-state index in [1.165, 1.54) is 17.4 Å². The second kappa shape index (κ2) is 7.64. The lowest BCUT2D eigenvalue weighted by Gasteiger charge is -2.05. The van der Waals surface area contributed by atoms with Gasteiger partial charge in [-0.15, -0.1) is 0 Å². The van der Waals surface area contributed by atoms with Crippen LogP contribution in [0.4, 0.5) is 0 Å². The smallest absolute Gasteiger partial charge is 0.258 e. The molecule has 0 spiro atoms. The lowest BCUT2D eigenvalue weighted by atomic mass is 10.1. The van der Waals surface area contributed by atoms with Gasteiger partial charge in [-0.05, 0) is 41.9 Å². The molecule has 1 aromatic heterocycles. The zero-order valence-corrected chi connectivity index (χ0v) is 17.7. The number of carbonyl (C=O) groups excluding carboxylic acids is 1. The van der Waals surface area contributed by atoms with Gasteiger partial charge in [0.15, 0.2) is 4.80 Å². The number of thiocarbonyl (C=S) groups is 1. The third-order valence-corrected chi connectivity index (χ3v) is 6.12. The number of thiazole rings is 1. The number of hydrogen-bond acceptors (Lipinski definition) is 3. The molecule has 0 saturated heterocycles. The fourth-order valence-electron chi connectivity index (χ4n) is 2.98. The van der Waals surface area contributed by atoms with Crippen LogP contribution in [-0.4, -0.2) is 15.6 Å². The average molecular weight is 446 g/mol. The molecule has 0 bridgehead atoms. The molecule has 1 N–H and O–H groups in total. The summed E-state index contributed by atoms with van der Waals surface area (Å²) < 4.78 is 3.07. The van der Waals surface area contributed by atoms with Crippen LogP contribution in [0.5, 0.6) is 0 Å². The number of aromatic nitrogens is 1. The Labute approximate surface area is 180 Å². The fourth-order valence-corrected chi connectivity index (χ4v) is 4.75. The molecule has 0 unspecified atom stereocenters. The Balaban J connectivity index is 1.69. The maximum Gasteiger partial charge on any atom is 0.258 e. The summed E-state index contributed by atoms with van der Waals surface area (Å²) in [6.45, 7) is 0. The molecule has 4 rings (SSSR count). The van der Waals surface area contributed by atoms with Crippen LogP contribution in [0, 0.1) is 0 Å². The highest BCUT2D eigenvalue weighted by Crippen LogP contribution is 2.26. The Hall–Kier alpha value is -2.25. The second-order valence-electron chi connectivity index (χ2n) is 6.07. The van der Waals surface area contributed by atoms with Crippen molar-refractivity contribution in [1.82, 2.24) is 9.88 Å². The molecule has 1 heterocycles. The molecule has 0 fully saturated rings. The molecule has 0 atom stereocenters. The molecule has 0 saturated carbocycles. The van der Waals surface area contributed by atoms with Gasteiger partial charge in [0.1, 0.15) is 0 Å². The van der Waals surface area contributed by atoms with Crippen molar-refractivity contribution >= 4 is 78.8 Å². The number of carbonyl (C=O) groups is 1. The summed E-state index contributed by atoms with van der Waals surface area (Å²) in [4.78, 5) is 17.5. The highest BCUT2D eigenvalue weighted by Gasteiger charge is 2.13. The van der Waals surface area contributed by atoms with Gasteiger partial charge in [0.2, 0.25) is 5.11 Å². The van der Waals surface area contributed by atoms with Gasteiger partial charge in [-0.2, -0.15) is 4.99 Å². The van der Waals surface area contributed by atoms with Crippen molar-refractivity contribution in [2.75, 3.05) is 0 Å². The lowest BCUT2D eigenvalue weighted by Crippen LogP contribution is -2.30. The summed E-state index contributed by atoms with van der Waals surface area (Å²) in [5.74, 6) is -0.426. The van der Waals surface area contributed by atoms with Crippen molar-refractivity contribution in [3.05, 3.63) is 75.0 Å². The monoisotopic (exact) mass is 445 g/mol. The molecule has 8 heteroatoms. The number of rotatable bonds is 1. The zero-order chi connectivity index (χ0) is 19.8. The first-order valence-corrected chi connectivity index (χ1v) is 10.2. The highest BCUT2D eigenvalue weighted by atomic mass is 35.5. The standard InChI is InChI=1S/C20H13Cl2N3OS2/c1-25-17-13-5-3-2-4-11(13)6-9-16(17)28-20(25)24-19(27)23-18(26)14-8-7-12(21)10-15(14)22/h2-10H,1H3,(H,23,26,27). The molecule has 4 nitrogen and oxygen atoms in total. The van der Waals surface area contributed by atoms with E-state index in [0.29, 0.717) is 9.82 Å². The van der Waals surface area contributed by atoms with E-state index < -0.39 is 5.91 Å². The van der Waals surface area contributed by atoms with Gasteiger partial charge < -0.3 is 4.57 Å². The van der Waals surface area contributed by atoms with E-state index in [1.54, 1.807) is 12.1 Å². The summed E-state index contributed by atoms with van der Waals surface area (Å²) in [5.41, 5.74) is 1.37. The van der Waals surface area contributed by atoms with Crippen LogP contribution in [0.2, 0.25) is 10.0 Å². The Morgan fingerprint density at radius 2 is 1.93 bits per heavy atom. The van der Waals surface area contributed by atoms with Crippen LogP contribution in [-0.2, 0) is 7.05 Å². The van der Waals surface area contributed by atoms with Crippen molar-refractivity contribution < 1.29 is 4.79 Å². The van der Waals surface area contributed by atoms with E-state index >= 15 is 0 Å². The van der Waals surface area contributed by atoms with Crippen LogP contribution < -0.4 is 10.1 Å². The molecule has 28 heavy (non-hydrogen) atoms. The first-order valence-electron chi connectivity index (χ1n) is 8.26. The largest absolute Gasteiger partial charge is 0.319 e. The predicted octanol–water partition coefficient (Wildman–Crippen LogP) is 5.32. The number of nitrogens with one attached hydrogen (secondary N) is 1. The molecule has 140 valence electrons. The van der Waals surface area contributed by atoms with E-state index in [-0.39, 0.29) is 15.7 Å². The first kappa shape index (κ1) is 19.1. The molecule has 0 aliphatic heterocycles. The Kier molecular flexibility index (Phi) is 5.21. The van der Waals surface area contributed by atoms with Gasteiger partial charge in [-0.3, -0.25) is 10.1 Å². The third kappa shape index (κ3) is 3.56. The van der Waals surface area contributed by atoms with E-state index in [9.17, 15) is 4.79 Å². The molecule has 1 amide bonds. The first-order chi connectivity index (χ1) is 13.4. The van der Waals surface area contributed by atoms with E-state index in [4.69, 9.17) is 35.4 Å².